The molecule has 0 aliphatic rings. The van der Waals surface area contributed by atoms with Crippen molar-refractivity contribution in [2.75, 3.05) is 5.75 Å². The average Bonchev–Trinajstić information content (AvgIpc) is 3.05. The summed E-state index contributed by atoms with van der Waals surface area (Å²) >= 11 is 2.48. The van der Waals surface area contributed by atoms with Crippen LogP contribution < -0.4 is 10.9 Å². The highest BCUT2D eigenvalue weighted by Gasteiger charge is 2.11. The Labute approximate surface area is 123 Å². The van der Waals surface area contributed by atoms with Gasteiger partial charge in [0.05, 0.1) is 16.3 Å². The number of aromatic nitrogens is 1. The molecule has 2 rings (SSSR count). The van der Waals surface area contributed by atoms with Crippen LogP contribution in [-0.4, -0.2) is 22.6 Å². The molecule has 0 bridgehead atoms. The van der Waals surface area contributed by atoms with Crippen LogP contribution in [0.3, 0.4) is 0 Å². The zero-order valence-electron chi connectivity index (χ0n) is 10.9. The highest BCUT2D eigenvalue weighted by Crippen LogP contribution is 2.19. The van der Waals surface area contributed by atoms with Crippen molar-refractivity contribution in [3.8, 4) is 0 Å². The van der Waals surface area contributed by atoms with E-state index in [-0.39, 0.29) is 17.6 Å². The fourth-order valence-electron chi connectivity index (χ4n) is 1.26. The first-order valence-corrected chi connectivity index (χ1v) is 7.62. The second-order valence-electron chi connectivity index (χ2n) is 3.89. The van der Waals surface area contributed by atoms with E-state index in [9.17, 15) is 9.59 Å². The first-order chi connectivity index (χ1) is 9.56. The summed E-state index contributed by atoms with van der Waals surface area (Å²) in [5.74, 6) is 0.192. The maximum absolute atomic E-state index is 11.6. The molecule has 0 radical (unpaired) electrons. The first kappa shape index (κ1) is 14.6. The summed E-state index contributed by atoms with van der Waals surface area (Å²) in [6.07, 6.45) is 0. The van der Waals surface area contributed by atoms with Crippen LogP contribution in [0.2, 0.25) is 0 Å². The number of oxazole rings is 1. The highest BCUT2D eigenvalue weighted by molar-refractivity contribution is 7.99. The van der Waals surface area contributed by atoms with Crippen LogP contribution in [0, 0.1) is 13.8 Å². The summed E-state index contributed by atoms with van der Waals surface area (Å²) < 4.78 is 5.34. The van der Waals surface area contributed by atoms with Crippen LogP contribution in [0.1, 0.15) is 21.1 Å². The molecule has 20 heavy (non-hydrogen) atoms. The molecule has 0 atom stereocenters. The maximum atomic E-state index is 11.6. The van der Waals surface area contributed by atoms with Gasteiger partial charge in [0.25, 0.3) is 11.1 Å². The topological polar surface area (TPSA) is 84.2 Å². The Hall–Kier alpha value is -1.80. The SMILES string of the molecule is Cc1nc(SCC(=O)NNC(=O)c2cccs2)oc1C. The summed E-state index contributed by atoms with van der Waals surface area (Å²) in [6, 6.07) is 3.45. The van der Waals surface area contributed by atoms with Gasteiger partial charge in [-0.05, 0) is 25.3 Å². The van der Waals surface area contributed by atoms with Gasteiger partial charge in [-0.1, -0.05) is 17.8 Å². The van der Waals surface area contributed by atoms with Gasteiger partial charge < -0.3 is 4.42 Å². The van der Waals surface area contributed by atoms with Crippen LogP contribution in [0.4, 0.5) is 0 Å². The van der Waals surface area contributed by atoms with Crippen LogP contribution in [-0.2, 0) is 4.79 Å². The van der Waals surface area contributed by atoms with E-state index in [1.165, 1.54) is 23.1 Å². The number of hydrazine groups is 1. The van der Waals surface area contributed by atoms with Crippen molar-refractivity contribution in [3.63, 3.8) is 0 Å². The van der Waals surface area contributed by atoms with Crippen molar-refractivity contribution in [2.24, 2.45) is 0 Å². The summed E-state index contributed by atoms with van der Waals surface area (Å²) in [5, 5.41) is 2.24. The molecule has 2 N–H and O–H groups in total. The third-order valence-corrected chi connectivity index (χ3v) is 4.09. The van der Waals surface area contributed by atoms with Gasteiger partial charge in [0.15, 0.2) is 0 Å². The zero-order chi connectivity index (χ0) is 14.5. The van der Waals surface area contributed by atoms with E-state index in [0.29, 0.717) is 10.1 Å². The largest absolute Gasteiger partial charge is 0.437 e. The normalized spacial score (nSPS) is 10.3. The standard InChI is InChI=1S/C12H13N3O3S2/c1-7-8(2)18-12(13-7)20-6-10(16)14-15-11(17)9-4-3-5-19-9/h3-5H,6H2,1-2H3,(H,14,16)(H,15,17). The van der Waals surface area contributed by atoms with Crippen LogP contribution >= 0.6 is 23.1 Å². The molecule has 2 aromatic heterocycles. The lowest BCUT2D eigenvalue weighted by atomic mass is 10.4. The zero-order valence-corrected chi connectivity index (χ0v) is 12.6. The molecule has 0 aromatic carbocycles. The molecule has 106 valence electrons. The monoisotopic (exact) mass is 311 g/mol. The molecule has 0 saturated carbocycles. The number of hydrogen-bond acceptors (Lipinski definition) is 6. The molecule has 8 heteroatoms. The van der Waals surface area contributed by atoms with E-state index in [1.807, 2.05) is 13.8 Å². The van der Waals surface area contributed by atoms with E-state index in [4.69, 9.17) is 4.42 Å². The second-order valence-corrected chi connectivity index (χ2v) is 5.76. The van der Waals surface area contributed by atoms with Crippen LogP contribution in [0.5, 0.6) is 0 Å². The van der Waals surface area contributed by atoms with Gasteiger partial charge in [-0.3, -0.25) is 20.4 Å². The van der Waals surface area contributed by atoms with E-state index < -0.39 is 0 Å². The minimum Gasteiger partial charge on any atom is -0.437 e. The number of amides is 2. The third-order valence-electron chi connectivity index (χ3n) is 2.40. The molecular formula is C12H13N3O3S2. The van der Waals surface area contributed by atoms with E-state index in [1.54, 1.807) is 17.5 Å². The number of thioether (sulfide) groups is 1. The molecule has 0 aliphatic carbocycles. The molecular weight excluding hydrogens is 298 g/mol. The van der Waals surface area contributed by atoms with Gasteiger partial charge in [-0.15, -0.1) is 11.3 Å². The van der Waals surface area contributed by atoms with Crippen molar-refractivity contribution in [2.45, 2.75) is 19.1 Å². The van der Waals surface area contributed by atoms with Gasteiger partial charge in [-0.2, -0.15) is 0 Å². The number of thiophene rings is 1. The van der Waals surface area contributed by atoms with Crippen molar-refractivity contribution in [3.05, 3.63) is 33.8 Å². The third kappa shape index (κ3) is 3.84. The molecule has 2 aromatic rings. The predicted octanol–water partition coefficient (Wildman–Crippen LogP) is 1.91. The quantitative estimate of drug-likeness (QED) is 0.665. The number of aryl methyl sites for hydroxylation is 2. The lowest BCUT2D eigenvalue weighted by Gasteiger charge is -2.04. The molecule has 0 aliphatic heterocycles. The Bertz CT molecular complexity index is 588. The minimum absolute atomic E-state index is 0.115. The summed E-state index contributed by atoms with van der Waals surface area (Å²) in [7, 11) is 0. The molecule has 0 fully saturated rings. The number of carbonyl (C=O) groups is 2. The Balaban J connectivity index is 1.74. The van der Waals surface area contributed by atoms with E-state index in [2.05, 4.69) is 15.8 Å². The van der Waals surface area contributed by atoms with Gasteiger partial charge in [0, 0.05) is 0 Å². The smallest absolute Gasteiger partial charge is 0.279 e. The van der Waals surface area contributed by atoms with Gasteiger partial charge in [0.2, 0.25) is 5.91 Å². The van der Waals surface area contributed by atoms with Gasteiger partial charge >= 0.3 is 0 Å². The number of carbonyl (C=O) groups excluding carboxylic acids is 2. The van der Waals surface area contributed by atoms with Crippen molar-refractivity contribution in [1.29, 1.82) is 0 Å². The van der Waals surface area contributed by atoms with Crippen molar-refractivity contribution < 1.29 is 14.0 Å². The molecule has 0 spiro atoms. The lowest BCUT2D eigenvalue weighted by molar-refractivity contribution is -0.119. The maximum Gasteiger partial charge on any atom is 0.279 e. The van der Waals surface area contributed by atoms with Crippen molar-refractivity contribution >= 4 is 34.9 Å². The Morgan fingerprint density at radius 3 is 2.80 bits per heavy atom. The van der Waals surface area contributed by atoms with Gasteiger partial charge in [-0.25, -0.2) is 4.98 Å². The fourth-order valence-corrected chi connectivity index (χ4v) is 2.60. The van der Waals surface area contributed by atoms with Crippen molar-refractivity contribution in [1.82, 2.24) is 15.8 Å². The number of hydrogen-bond donors (Lipinski definition) is 2. The van der Waals surface area contributed by atoms with Crippen LogP contribution in [0.15, 0.2) is 27.2 Å². The number of nitrogens with one attached hydrogen (secondary N) is 2. The number of rotatable bonds is 4. The summed E-state index contributed by atoms with van der Waals surface area (Å²) in [5.41, 5.74) is 5.49. The fraction of sp³-hybridized carbons (Fsp3) is 0.250. The molecule has 2 amide bonds. The highest BCUT2D eigenvalue weighted by atomic mass is 32.2. The molecule has 0 unspecified atom stereocenters. The Morgan fingerprint density at radius 2 is 2.20 bits per heavy atom. The number of nitrogens with zero attached hydrogens (tertiary/aromatic N) is 1. The summed E-state index contributed by atoms with van der Waals surface area (Å²) in [6.45, 7) is 3.65. The molecule has 0 saturated heterocycles. The Kier molecular flexibility index (Phi) is 4.80. The van der Waals surface area contributed by atoms with E-state index >= 15 is 0 Å². The average molecular weight is 311 g/mol. The lowest BCUT2D eigenvalue weighted by Crippen LogP contribution is -2.42. The minimum atomic E-state index is -0.332. The van der Waals surface area contributed by atoms with E-state index in [0.717, 1.165) is 11.5 Å². The van der Waals surface area contributed by atoms with Crippen LogP contribution in [0.25, 0.3) is 0 Å². The molecule has 6 nitrogen and oxygen atoms in total. The van der Waals surface area contributed by atoms with Gasteiger partial charge in [0.1, 0.15) is 5.76 Å². The molecule has 2 heterocycles. The summed E-state index contributed by atoms with van der Waals surface area (Å²) in [4.78, 5) is 27.8. The predicted molar refractivity (Wildman–Crippen MR) is 76.6 cm³/mol. The second kappa shape index (κ2) is 6.58. The first-order valence-electron chi connectivity index (χ1n) is 5.76. The Morgan fingerprint density at radius 1 is 1.40 bits per heavy atom.